The summed E-state index contributed by atoms with van der Waals surface area (Å²) in [4.78, 5) is 12.4. The third-order valence-corrected chi connectivity index (χ3v) is 4.83. The van der Waals surface area contributed by atoms with Crippen molar-refractivity contribution in [3.63, 3.8) is 0 Å². The normalized spacial score (nSPS) is 11.1. The quantitative estimate of drug-likeness (QED) is 0.392. The Labute approximate surface area is 174 Å². The van der Waals surface area contributed by atoms with E-state index in [1.807, 2.05) is 67.6 Å². The molecule has 1 amide bonds. The molecule has 0 aliphatic heterocycles. The molecule has 1 heterocycles. The highest BCUT2D eigenvalue weighted by Crippen LogP contribution is 2.27. The fraction of sp³-hybridized carbons (Fsp3) is 0.125. The molecule has 0 atom stereocenters. The molecule has 0 saturated carbocycles. The number of carbonyl (C=O) groups excluding carboxylic acids is 1. The molecule has 4 aromatic rings. The molecule has 148 valence electrons. The number of para-hydroxylation sites is 1. The van der Waals surface area contributed by atoms with E-state index in [1.54, 1.807) is 17.0 Å². The number of fused-ring (bicyclic) bond motifs is 2. The fourth-order valence-corrected chi connectivity index (χ4v) is 3.52. The predicted octanol–water partition coefficient (Wildman–Crippen LogP) is 4.22. The van der Waals surface area contributed by atoms with E-state index >= 15 is 0 Å². The molecule has 30 heavy (non-hydrogen) atoms. The summed E-state index contributed by atoms with van der Waals surface area (Å²) in [6.07, 6.45) is 3.32. The van der Waals surface area contributed by atoms with Crippen molar-refractivity contribution < 1.29 is 9.53 Å². The summed E-state index contributed by atoms with van der Waals surface area (Å²) < 4.78 is 7.44. The van der Waals surface area contributed by atoms with E-state index in [0.717, 1.165) is 33.0 Å². The monoisotopic (exact) mass is 396 g/mol. The van der Waals surface area contributed by atoms with Gasteiger partial charge in [-0.25, -0.2) is 5.43 Å². The Hall–Kier alpha value is -4.11. The van der Waals surface area contributed by atoms with Gasteiger partial charge in [0, 0.05) is 28.0 Å². The van der Waals surface area contributed by atoms with Crippen LogP contribution < -0.4 is 10.2 Å². The van der Waals surface area contributed by atoms with Gasteiger partial charge in [-0.05, 0) is 30.5 Å². The molecule has 0 spiro atoms. The summed E-state index contributed by atoms with van der Waals surface area (Å²) in [7, 11) is 0. The van der Waals surface area contributed by atoms with E-state index in [0.29, 0.717) is 12.2 Å². The Kier molecular flexibility index (Phi) is 5.44. The summed E-state index contributed by atoms with van der Waals surface area (Å²) in [5.41, 5.74) is 4.84. The first-order valence-corrected chi connectivity index (χ1v) is 9.65. The van der Waals surface area contributed by atoms with E-state index in [1.165, 1.54) is 0 Å². The van der Waals surface area contributed by atoms with E-state index < -0.39 is 0 Å². The molecule has 1 N–H and O–H groups in total. The lowest BCUT2D eigenvalue weighted by molar-refractivity contribution is -0.121. The molecular formula is C24H20N4O2. The molecule has 6 nitrogen and oxygen atoms in total. The minimum absolute atomic E-state index is 0.0730. The minimum Gasteiger partial charge on any atom is -0.493 e. The van der Waals surface area contributed by atoms with Gasteiger partial charge in [-0.3, -0.25) is 4.79 Å². The van der Waals surface area contributed by atoms with Crippen molar-refractivity contribution in [2.75, 3.05) is 6.61 Å². The summed E-state index contributed by atoms with van der Waals surface area (Å²) in [6, 6.07) is 21.4. The maximum Gasteiger partial charge on any atom is 0.259 e. The second-order valence-electron chi connectivity index (χ2n) is 6.72. The van der Waals surface area contributed by atoms with Crippen LogP contribution in [-0.4, -0.2) is 23.3 Å². The second-order valence-corrected chi connectivity index (χ2v) is 6.72. The van der Waals surface area contributed by atoms with E-state index in [2.05, 4.69) is 16.6 Å². The van der Waals surface area contributed by atoms with Crippen LogP contribution in [0.2, 0.25) is 0 Å². The summed E-state index contributed by atoms with van der Waals surface area (Å²) in [5.74, 6) is 0.550. The van der Waals surface area contributed by atoms with Crippen LogP contribution in [0, 0.1) is 11.3 Å². The SMILES string of the molecule is CCOc1ccc(/C=N\NC(=O)Cn2cc(C#N)c3ccccc32)c2ccccc12. The van der Waals surface area contributed by atoms with E-state index in [-0.39, 0.29) is 12.5 Å². The van der Waals surface area contributed by atoms with Gasteiger partial charge in [-0.2, -0.15) is 10.4 Å². The Morgan fingerprint density at radius 3 is 2.60 bits per heavy atom. The lowest BCUT2D eigenvalue weighted by atomic mass is 10.0. The molecule has 0 radical (unpaired) electrons. The maximum atomic E-state index is 12.4. The summed E-state index contributed by atoms with van der Waals surface area (Å²) in [6.45, 7) is 2.62. The highest BCUT2D eigenvalue weighted by Gasteiger charge is 2.10. The third-order valence-electron chi connectivity index (χ3n) is 4.83. The van der Waals surface area contributed by atoms with Gasteiger partial charge < -0.3 is 9.30 Å². The van der Waals surface area contributed by atoms with Crippen LogP contribution >= 0.6 is 0 Å². The number of benzene rings is 3. The lowest BCUT2D eigenvalue weighted by Gasteiger charge is -2.09. The van der Waals surface area contributed by atoms with Crippen LogP contribution in [0.1, 0.15) is 18.1 Å². The van der Waals surface area contributed by atoms with E-state index in [9.17, 15) is 10.1 Å². The van der Waals surface area contributed by atoms with Gasteiger partial charge in [0.25, 0.3) is 5.91 Å². The first kappa shape index (κ1) is 19.2. The number of nitriles is 1. The van der Waals surface area contributed by atoms with Crippen molar-refractivity contribution in [2.24, 2.45) is 5.10 Å². The van der Waals surface area contributed by atoms with Crippen molar-refractivity contribution in [1.29, 1.82) is 5.26 Å². The zero-order chi connectivity index (χ0) is 20.9. The second kappa shape index (κ2) is 8.50. The van der Waals surface area contributed by atoms with Crippen LogP contribution in [0.3, 0.4) is 0 Å². The van der Waals surface area contributed by atoms with Crippen molar-refractivity contribution in [3.05, 3.63) is 78.0 Å². The zero-order valence-corrected chi connectivity index (χ0v) is 16.5. The Morgan fingerprint density at radius 2 is 1.83 bits per heavy atom. The Balaban J connectivity index is 1.51. The number of nitrogens with one attached hydrogen (secondary N) is 1. The predicted molar refractivity (Wildman–Crippen MR) is 118 cm³/mol. The largest absolute Gasteiger partial charge is 0.493 e. The topological polar surface area (TPSA) is 79.4 Å². The van der Waals surface area contributed by atoms with E-state index in [4.69, 9.17) is 4.74 Å². The number of hydrogen-bond donors (Lipinski definition) is 1. The number of hydrazone groups is 1. The van der Waals surface area contributed by atoms with Crippen LogP contribution in [-0.2, 0) is 11.3 Å². The van der Waals surface area contributed by atoms with Gasteiger partial charge in [0.2, 0.25) is 0 Å². The summed E-state index contributed by atoms with van der Waals surface area (Å²) >= 11 is 0. The van der Waals surface area contributed by atoms with Crippen LogP contribution in [0.4, 0.5) is 0 Å². The van der Waals surface area contributed by atoms with Gasteiger partial charge >= 0.3 is 0 Å². The van der Waals surface area contributed by atoms with Gasteiger partial charge in [-0.1, -0.05) is 42.5 Å². The van der Waals surface area contributed by atoms with Gasteiger partial charge in [0.05, 0.1) is 18.4 Å². The minimum atomic E-state index is -0.272. The number of carbonyl (C=O) groups is 1. The number of hydrogen-bond acceptors (Lipinski definition) is 4. The highest BCUT2D eigenvalue weighted by molar-refractivity contribution is 6.02. The molecule has 0 aliphatic rings. The van der Waals surface area contributed by atoms with Crippen molar-refractivity contribution >= 4 is 33.8 Å². The van der Waals surface area contributed by atoms with Gasteiger partial charge in [0.1, 0.15) is 18.4 Å². The van der Waals surface area contributed by atoms with Crippen molar-refractivity contribution in [3.8, 4) is 11.8 Å². The number of rotatable bonds is 6. The first-order chi connectivity index (χ1) is 14.7. The number of aromatic nitrogens is 1. The first-order valence-electron chi connectivity index (χ1n) is 9.65. The smallest absolute Gasteiger partial charge is 0.259 e. The highest BCUT2D eigenvalue weighted by atomic mass is 16.5. The number of amides is 1. The molecule has 0 unspecified atom stereocenters. The third kappa shape index (κ3) is 3.74. The molecule has 3 aromatic carbocycles. The molecule has 1 aromatic heterocycles. The lowest BCUT2D eigenvalue weighted by Crippen LogP contribution is -2.22. The summed E-state index contributed by atoms with van der Waals surface area (Å²) in [5, 5.41) is 16.2. The Morgan fingerprint density at radius 1 is 1.10 bits per heavy atom. The fourth-order valence-electron chi connectivity index (χ4n) is 3.52. The zero-order valence-electron chi connectivity index (χ0n) is 16.5. The van der Waals surface area contributed by atoms with Gasteiger partial charge in [0.15, 0.2) is 0 Å². The molecule has 0 fully saturated rings. The van der Waals surface area contributed by atoms with Crippen LogP contribution in [0.15, 0.2) is 72.0 Å². The molecule has 0 bridgehead atoms. The molecule has 0 aliphatic carbocycles. The molecular weight excluding hydrogens is 376 g/mol. The average molecular weight is 396 g/mol. The van der Waals surface area contributed by atoms with Crippen LogP contribution in [0.5, 0.6) is 5.75 Å². The average Bonchev–Trinajstić information content (AvgIpc) is 3.13. The van der Waals surface area contributed by atoms with Crippen LogP contribution in [0.25, 0.3) is 21.7 Å². The standard InChI is InChI=1S/C24H20N4O2/c1-2-30-23-12-11-17(19-7-3-4-9-21(19)23)14-26-27-24(29)16-28-15-18(13-25)20-8-5-6-10-22(20)28/h3-12,14-15H,2,16H2,1H3,(H,27,29)/b26-14-. The Bertz CT molecular complexity index is 1300. The van der Waals surface area contributed by atoms with Gasteiger partial charge in [-0.15, -0.1) is 0 Å². The molecule has 6 heteroatoms. The number of nitrogens with zero attached hydrogens (tertiary/aromatic N) is 3. The maximum absolute atomic E-state index is 12.4. The molecule has 0 saturated heterocycles. The molecule has 4 rings (SSSR count). The number of ether oxygens (including phenoxy) is 1. The van der Waals surface area contributed by atoms with Crippen molar-refractivity contribution in [2.45, 2.75) is 13.5 Å². The van der Waals surface area contributed by atoms with Crippen molar-refractivity contribution in [1.82, 2.24) is 9.99 Å².